The Morgan fingerprint density at radius 3 is 2.67 bits per heavy atom. The van der Waals surface area contributed by atoms with Crippen LogP contribution in [0, 0.1) is 0 Å². The van der Waals surface area contributed by atoms with Gasteiger partial charge in [0.05, 0.1) is 12.1 Å². The number of aryl methyl sites for hydroxylation is 1. The first-order valence-corrected chi connectivity index (χ1v) is 7.56. The van der Waals surface area contributed by atoms with E-state index < -0.39 is 23.2 Å². The van der Waals surface area contributed by atoms with Crippen LogP contribution in [0.2, 0.25) is 0 Å². The fraction of sp³-hybridized carbons (Fsp3) is 0.278. The summed E-state index contributed by atoms with van der Waals surface area (Å²) in [4.78, 5) is 12.1. The second kappa shape index (κ2) is 5.94. The van der Waals surface area contributed by atoms with Gasteiger partial charge in [-0.05, 0) is 42.2 Å². The molecule has 0 bridgehead atoms. The third kappa shape index (κ3) is 3.14. The molecule has 1 amide bonds. The fourth-order valence-corrected chi connectivity index (χ4v) is 3.02. The number of hydrogen-bond donors (Lipinski definition) is 2. The zero-order valence-electron chi connectivity index (χ0n) is 12.7. The van der Waals surface area contributed by atoms with Gasteiger partial charge in [-0.1, -0.05) is 30.3 Å². The zero-order chi connectivity index (χ0) is 17.4. The predicted molar refractivity (Wildman–Crippen MR) is 82.4 cm³/mol. The maximum Gasteiger partial charge on any atom is 0.416 e. The topological polar surface area (TPSA) is 49.3 Å². The Hall–Kier alpha value is -2.34. The first kappa shape index (κ1) is 16.5. The Balaban J connectivity index is 1.73. The largest absolute Gasteiger partial charge is 0.416 e. The number of halogens is 3. The average molecular weight is 335 g/mol. The lowest BCUT2D eigenvalue weighted by Crippen LogP contribution is -2.39. The number of carbonyl (C=O) groups is 1. The summed E-state index contributed by atoms with van der Waals surface area (Å²) in [5.41, 5.74) is -0.365. The molecule has 2 aromatic carbocycles. The van der Waals surface area contributed by atoms with Crippen LogP contribution in [0.1, 0.15) is 33.5 Å². The van der Waals surface area contributed by atoms with E-state index in [4.69, 9.17) is 0 Å². The summed E-state index contributed by atoms with van der Waals surface area (Å²) in [6.07, 6.45) is -3.33. The van der Waals surface area contributed by atoms with Crippen LogP contribution in [0.5, 0.6) is 0 Å². The van der Waals surface area contributed by atoms with Gasteiger partial charge in [0.2, 0.25) is 0 Å². The number of rotatable bonds is 3. The van der Waals surface area contributed by atoms with Crippen molar-refractivity contribution in [2.45, 2.75) is 24.6 Å². The van der Waals surface area contributed by atoms with Crippen molar-refractivity contribution >= 4 is 5.91 Å². The average Bonchev–Trinajstić information content (AvgIpc) is 2.90. The van der Waals surface area contributed by atoms with Crippen LogP contribution in [-0.2, 0) is 18.2 Å². The smallest absolute Gasteiger partial charge is 0.383 e. The molecule has 2 aromatic rings. The van der Waals surface area contributed by atoms with Gasteiger partial charge in [0, 0.05) is 5.56 Å². The molecule has 0 radical (unpaired) electrons. The number of amides is 1. The standard InChI is InChI=1S/C18H16F3NO2/c19-18(20,21)14-6-3-5-13(10-14)16(23)22-11-17(24)9-8-12-4-1-2-7-15(12)17/h1-7,10,24H,8-9,11H2,(H,22,23)/t17-/m1/s1. The van der Waals surface area contributed by atoms with E-state index in [1.165, 1.54) is 12.1 Å². The Bertz CT molecular complexity index is 773. The van der Waals surface area contributed by atoms with E-state index in [9.17, 15) is 23.1 Å². The highest BCUT2D eigenvalue weighted by atomic mass is 19.4. The summed E-state index contributed by atoms with van der Waals surface area (Å²) < 4.78 is 38.2. The molecule has 0 fully saturated rings. The minimum atomic E-state index is -4.50. The number of alkyl halides is 3. The van der Waals surface area contributed by atoms with Crippen LogP contribution >= 0.6 is 0 Å². The minimum absolute atomic E-state index is 0.0426. The SMILES string of the molecule is O=C(NC[C@]1(O)CCc2ccccc21)c1cccc(C(F)(F)F)c1. The van der Waals surface area contributed by atoms with Crippen molar-refractivity contribution in [2.75, 3.05) is 6.54 Å². The number of hydrogen-bond acceptors (Lipinski definition) is 2. The highest BCUT2D eigenvalue weighted by Gasteiger charge is 2.37. The minimum Gasteiger partial charge on any atom is -0.383 e. The Morgan fingerprint density at radius 2 is 1.92 bits per heavy atom. The van der Waals surface area contributed by atoms with Crippen LogP contribution in [0.4, 0.5) is 13.2 Å². The third-order valence-electron chi connectivity index (χ3n) is 4.32. The van der Waals surface area contributed by atoms with Gasteiger partial charge in [0.1, 0.15) is 5.60 Å². The Morgan fingerprint density at radius 1 is 1.17 bits per heavy atom. The molecule has 24 heavy (non-hydrogen) atoms. The molecule has 3 nitrogen and oxygen atoms in total. The maximum atomic E-state index is 12.7. The van der Waals surface area contributed by atoms with Gasteiger partial charge < -0.3 is 10.4 Å². The zero-order valence-corrected chi connectivity index (χ0v) is 12.7. The van der Waals surface area contributed by atoms with Crippen LogP contribution in [0.25, 0.3) is 0 Å². The lowest BCUT2D eigenvalue weighted by molar-refractivity contribution is -0.137. The summed E-state index contributed by atoms with van der Waals surface area (Å²) in [5, 5.41) is 13.3. The predicted octanol–water partition coefficient (Wildman–Crippen LogP) is 3.27. The van der Waals surface area contributed by atoms with Gasteiger partial charge in [-0.25, -0.2) is 0 Å². The monoisotopic (exact) mass is 335 g/mol. The highest BCUT2D eigenvalue weighted by molar-refractivity contribution is 5.94. The number of benzene rings is 2. The molecule has 0 unspecified atom stereocenters. The van der Waals surface area contributed by atoms with Crippen molar-refractivity contribution in [3.63, 3.8) is 0 Å². The van der Waals surface area contributed by atoms with Crippen molar-refractivity contribution in [2.24, 2.45) is 0 Å². The van der Waals surface area contributed by atoms with Gasteiger partial charge in [0.15, 0.2) is 0 Å². The number of aliphatic hydroxyl groups is 1. The van der Waals surface area contributed by atoms with Gasteiger partial charge >= 0.3 is 6.18 Å². The molecule has 2 N–H and O–H groups in total. The van der Waals surface area contributed by atoms with Crippen LogP contribution in [0.3, 0.4) is 0 Å². The summed E-state index contributed by atoms with van der Waals surface area (Å²) in [6, 6.07) is 11.6. The molecular weight excluding hydrogens is 319 g/mol. The third-order valence-corrected chi connectivity index (χ3v) is 4.32. The van der Waals surface area contributed by atoms with Crippen LogP contribution in [0.15, 0.2) is 48.5 Å². The molecule has 0 aliphatic heterocycles. The lowest BCUT2D eigenvalue weighted by atomic mass is 9.96. The van der Waals surface area contributed by atoms with E-state index in [0.717, 1.165) is 23.3 Å². The van der Waals surface area contributed by atoms with E-state index in [-0.39, 0.29) is 12.1 Å². The van der Waals surface area contributed by atoms with E-state index in [2.05, 4.69) is 5.32 Å². The maximum absolute atomic E-state index is 12.7. The summed E-state index contributed by atoms with van der Waals surface area (Å²) in [5.74, 6) is -0.640. The van der Waals surface area contributed by atoms with E-state index in [1.807, 2.05) is 18.2 Å². The second-order valence-electron chi connectivity index (χ2n) is 5.95. The molecule has 1 aliphatic rings. The van der Waals surface area contributed by atoms with Crippen molar-refractivity contribution < 1.29 is 23.1 Å². The second-order valence-corrected chi connectivity index (χ2v) is 5.95. The molecule has 1 aliphatic carbocycles. The summed E-state index contributed by atoms with van der Waals surface area (Å²) in [7, 11) is 0. The molecule has 126 valence electrons. The normalized spacial score (nSPS) is 19.8. The lowest BCUT2D eigenvalue weighted by Gasteiger charge is -2.24. The molecule has 0 saturated heterocycles. The molecule has 0 aromatic heterocycles. The van der Waals surface area contributed by atoms with Gasteiger partial charge in [-0.2, -0.15) is 13.2 Å². The Kier molecular flexibility index (Phi) is 4.09. The molecular formula is C18H16F3NO2. The van der Waals surface area contributed by atoms with Crippen LogP contribution in [-0.4, -0.2) is 17.6 Å². The van der Waals surface area contributed by atoms with Crippen LogP contribution < -0.4 is 5.32 Å². The quantitative estimate of drug-likeness (QED) is 0.904. The summed E-state index contributed by atoms with van der Waals surface area (Å²) in [6.45, 7) is -0.0426. The fourth-order valence-electron chi connectivity index (χ4n) is 3.02. The van der Waals surface area contributed by atoms with E-state index in [1.54, 1.807) is 6.07 Å². The molecule has 0 spiro atoms. The first-order valence-electron chi connectivity index (χ1n) is 7.56. The van der Waals surface area contributed by atoms with E-state index >= 15 is 0 Å². The molecule has 3 rings (SSSR count). The molecule has 0 saturated carbocycles. The van der Waals surface area contributed by atoms with Gasteiger partial charge in [-0.3, -0.25) is 4.79 Å². The van der Waals surface area contributed by atoms with E-state index in [0.29, 0.717) is 12.8 Å². The van der Waals surface area contributed by atoms with Gasteiger partial charge in [-0.15, -0.1) is 0 Å². The number of fused-ring (bicyclic) bond motifs is 1. The Labute approximate surface area is 137 Å². The summed E-state index contributed by atoms with van der Waals surface area (Å²) >= 11 is 0. The van der Waals surface area contributed by atoms with Crippen molar-refractivity contribution in [1.82, 2.24) is 5.32 Å². The van der Waals surface area contributed by atoms with Crippen molar-refractivity contribution in [1.29, 1.82) is 0 Å². The van der Waals surface area contributed by atoms with Gasteiger partial charge in [0.25, 0.3) is 5.91 Å². The van der Waals surface area contributed by atoms with Crippen molar-refractivity contribution in [3.8, 4) is 0 Å². The number of carbonyl (C=O) groups excluding carboxylic acids is 1. The van der Waals surface area contributed by atoms with Crippen molar-refractivity contribution in [3.05, 3.63) is 70.8 Å². The molecule has 6 heteroatoms. The highest BCUT2D eigenvalue weighted by Crippen LogP contribution is 2.36. The first-order chi connectivity index (χ1) is 11.3. The molecule has 0 heterocycles. The number of nitrogens with one attached hydrogen (secondary N) is 1. The molecule has 1 atom stereocenters.